The molecule has 0 aliphatic heterocycles. The van der Waals surface area contributed by atoms with Crippen LogP contribution in [0.25, 0.3) is 10.9 Å². The van der Waals surface area contributed by atoms with Gasteiger partial charge in [0, 0.05) is 24.2 Å². The van der Waals surface area contributed by atoms with Crippen molar-refractivity contribution in [3.05, 3.63) is 36.0 Å². The lowest BCUT2D eigenvalue weighted by molar-refractivity contribution is 0.0697. The standard InChI is InChI=1S/C17H22N2O2/c1-11(2)10-19(12(3)4)16-13-7-5-6-8-15(13)18-9-14(16)17(20)21/h5-9,11-12H,10H2,1-4H3,(H,20,21). The summed E-state index contributed by atoms with van der Waals surface area (Å²) < 4.78 is 0. The largest absolute Gasteiger partial charge is 0.478 e. The normalized spacial score (nSPS) is 11.3. The molecule has 2 rings (SSSR count). The van der Waals surface area contributed by atoms with E-state index in [1.54, 1.807) is 0 Å². The molecule has 1 N–H and O–H groups in total. The highest BCUT2D eigenvalue weighted by molar-refractivity contribution is 6.04. The maximum absolute atomic E-state index is 11.6. The van der Waals surface area contributed by atoms with Gasteiger partial charge in [-0.1, -0.05) is 32.0 Å². The van der Waals surface area contributed by atoms with Crippen molar-refractivity contribution in [2.75, 3.05) is 11.4 Å². The molecule has 0 fully saturated rings. The number of aromatic carboxylic acids is 1. The van der Waals surface area contributed by atoms with Gasteiger partial charge in [-0.05, 0) is 25.8 Å². The molecule has 0 saturated carbocycles. The molecule has 0 unspecified atom stereocenters. The summed E-state index contributed by atoms with van der Waals surface area (Å²) in [7, 11) is 0. The van der Waals surface area contributed by atoms with E-state index in [-0.39, 0.29) is 11.6 Å². The van der Waals surface area contributed by atoms with Gasteiger partial charge in [0.2, 0.25) is 0 Å². The van der Waals surface area contributed by atoms with Crippen molar-refractivity contribution in [2.24, 2.45) is 5.92 Å². The van der Waals surface area contributed by atoms with E-state index >= 15 is 0 Å². The Morgan fingerprint density at radius 1 is 1.24 bits per heavy atom. The molecule has 1 aromatic heterocycles. The van der Waals surface area contributed by atoms with Gasteiger partial charge in [-0.15, -0.1) is 0 Å². The fourth-order valence-electron chi connectivity index (χ4n) is 2.55. The number of carboxylic acid groups (broad SMARTS) is 1. The van der Waals surface area contributed by atoms with Crippen molar-refractivity contribution >= 4 is 22.6 Å². The number of aromatic nitrogens is 1. The zero-order chi connectivity index (χ0) is 15.6. The van der Waals surface area contributed by atoms with Gasteiger partial charge in [0.05, 0.1) is 11.2 Å². The first-order valence-electron chi connectivity index (χ1n) is 7.29. The minimum Gasteiger partial charge on any atom is -0.478 e. The van der Waals surface area contributed by atoms with Gasteiger partial charge in [-0.3, -0.25) is 4.98 Å². The summed E-state index contributed by atoms with van der Waals surface area (Å²) in [4.78, 5) is 18.1. The number of para-hydroxylation sites is 1. The number of hydrogen-bond donors (Lipinski definition) is 1. The maximum Gasteiger partial charge on any atom is 0.339 e. The van der Waals surface area contributed by atoms with Crippen LogP contribution >= 0.6 is 0 Å². The Hall–Kier alpha value is -2.10. The topological polar surface area (TPSA) is 53.4 Å². The second kappa shape index (κ2) is 6.12. The minimum atomic E-state index is -0.933. The SMILES string of the molecule is CC(C)CN(c1c(C(=O)O)cnc2ccccc12)C(C)C. The molecule has 112 valence electrons. The lowest BCUT2D eigenvalue weighted by Crippen LogP contribution is -2.35. The molecule has 1 aromatic carbocycles. The molecule has 4 nitrogen and oxygen atoms in total. The van der Waals surface area contributed by atoms with Crippen molar-refractivity contribution in [2.45, 2.75) is 33.7 Å². The number of benzene rings is 1. The van der Waals surface area contributed by atoms with Crippen LogP contribution < -0.4 is 4.90 Å². The monoisotopic (exact) mass is 286 g/mol. The predicted molar refractivity (Wildman–Crippen MR) is 86.0 cm³/mol. The smallest absolute Gasteiger partial charge is 0.339 e. The molecule has 0 radical (unpaired) electrons. The van der Waals surface area contributed by atoms with E-state index in [0.29, 0.717) is 5.92 Å². The number of carbonyl (C=O) groups is 1. The van der Waals surface area contributed by atoms with E-state index < -0.39 is 5.97 Å². The van der Waals surface area contributed by atoms with Crippen LogP contribution in [-0.2, 0) is 0 Å². The van der Waals surface area contributed by atoms with Crippen molar-refractivity contribution in [3.63, 3.8) is 0 Å². The van der Waals surface area contributed by atoms with Gasteiger partial charge < -0.3 is 10.0 Å². The Labute approximate surface area is 125 Å². The molecule has 4 heteroatoms. The highest BCUT2D eigenvalue weighted by Gasteiger charge is 2.22. The zero-order valence-corrected chi connectivity index (χ0v) is 13.0. The zero-order valence-electron chi connectivity index (χ0n) is 13.0. The summed E-state index contributed by atoms with van der Waals surface area (Å²) >= 11 is 0. The van der Waals surface area contributed by atoms with Crippen LogP contribution in [0.1, 0.15) is 38.1 Å². The van der Waals surface area contributed by atoms with Gasteiger partial charge >= 0.3 is 5.97 Å². The lowest BCUT2D eigenvalue weighted by atomic mass is 10.0. The van der Waals surface area contributed by atoms with E-state index in [1.165, 1.54) is 6.20 Å². The second-order valence-electron chi connectivity index (χ2n) is 5.98. The molecule has 0 spiro atoms. The second-order valence-corrected chi connectivity index (χ2v) is 5.98. The summed E-state index contributed by atoms with van der Waals surface area (Å²) in [5, 5.41) is 10.4. The van der Waals surface area contributed by atoms with Crippen molar-refractivity contribution in [1.29, 1.82) is 0 Å². The quantitative estimate of drug-likeness (QED) is 0.908. The van der Waals surface area contributed by atoms with Crippen molar-refractivity contribution in [1.82, 2.24) is 4.98 Å². The number of nitrogens with zero attached hydrogens (tertiary/aromatic N) is 2. The summed E-state index contributed by atoms with van der Waals surface area (Å²) in [6.07, 6.45) is 1.47. The molecular formula is C17H22N2O2. The highest BCUT2D eigenvalue weighted by atomic mass is 16.4. The number of anilines is 1. The molecule has 0 saturated heterocycles. The van der Waals surface area contributed by atoms with Crippen LogP contribution in [0.15, 0.2) is 30.5 Å². The van der Waals surface area contributed by atoms with E-state index in [0.717, 1.165) is 23.1 Å². The fraction of sp³-hybridized carbons (Fsp3) is 0.412. The predicted octanol–water partition coefficient (Wildman–Crippen LogP) is 3.80. The first-order valence-corrected chi connectivity index (χ1v) is 7.29. The third kappa shape index (κ3) is 3.15. The minimum absolute atomic E-state index is 0.219. The molecule has 0 aliphatic rings. The van der Waals surface area contributed by atoms with E-state index in [1.807, 2.05) is 24.3 Å². The average Bonchev–Trinajstić information content (AvgIpc) is 2.43. The van der Waals surface area contributed by atoms with Crippen molar-refractivity contribution in [3.8, 4) is 0 Å². The Morgan fingerprint density at radius 2 is 1.90 bits per heavy atom. The first kappa shape index (κ1) is 15.3. The Balaban J connectivity index is 2.72. The van der Waals surface area contributed by atoms with Gasteiger partial charge in [0.25, 0.3) is 0 Å². The molecule has 0 amide bonds. The van der Waals surface area contributed by atoms with Gasteiger partial charge in [-0.25, -0.2) is 4.79 Å². The van der Waals surface area contributed by atoms with Crippen LogP contribution in [0.2, 0.25) is 0 Å². The molecule has 1 heterocycles. The van der Waals surface area contributed by atoms with Crippen molar-refractivity contribution < 1.29 is 9.90 Å². The number of fused-ring (bicyclic) bond motifs is 1. The molecule has 0 atom stereocenters. The Morgan fingerprint density at radius 3 is 2.48 bits per heavy atom. The van der Waals surface area contributed by atoms with Crippen LogP contribution in [-0.4, -0.2) is 28.6 Å². The fourth-order valence-corrected chi connectivity index (χ4v) is 2.55. The molecule has 0 aliphatic carbocycles. The maximum atomic E-state index is 11.6. The highest BCUT2D eigenvalue weighted by Crippen LogP contribution is 2.31. The number of rotatable bonds is 5. The summed E-state index contributed by atoms with van der Waals surface area (Å²) in [6.45, 7) is 9.26. The molecule has 21 heavy (non-hydrogen) atoms. The Kier molecular flexibility index (Phi) is 4.46. The van der Waals surface area contributed by atoms with E-state index in [2.05, 4.69) is 37.6 Å². The number of carboxylic acids is 1. The van der Waals surface area contributed by atoms with E-state index in [4.69, 9.17) is 0 Å². The summed E-state index contributed by atoms with van der Waals surface area (Å²) in [5.74, 6) is -0.487. The van der Waals surface area contributed by atoms with Gasteiger partial charge in [0.1, 0.15) is 5.56 Å². The van der Waals surface area contributed by atoms with Crippen LogP contribution in [0, 0.1) is 5.92 Å². The molecule has 2 aromatic rings. The van der Waals surface area contributed by atoms with Crippen LogP contribution in [0.3, 0.4) is 0 Å². The van der Waals surface area contributed by atoms with E-state index in [9.17, 15) is 9.90 Å². The Bertz CT molecular complexity index is 650. The van der Waals surface area contributed by atoms with Crippen LogP contribution in [0.4, 0.5) is 5.69 Å². The van der Waals surface area contributed by atoms with Gasteiger partial charge in [0.15, 0.2) is 0 Å². The molecule has 0 bridgehead atoms. The average molecular weight is 286 g/mol. The third-order valence-electron chi connectivity index (χ3n) is 3.45. The number of pyridine rings is 1. The summed E-state index contributed by atoms with van der Waals surface area (Å²) in [5.41, 5.74) is 1.87. The summed E-state index contributed by atoms with van der Waals surface area (Å²) in [6, 6.07) is 7.92. The van der Waals surface area contributed by atoms with Gasteiger partial charge in [-0.2, -0.15) is 0 Å². The first-order chi connectivity index (χ1) is 9.91. The molecular weight excluding hydrogens is 264 g/mol. The number of hydrogen-bond acceptors (Lipinski definition) is 3. The van der Waals surface area contributed by atoms with Crippen LogP contribution in [0.5, 0.6) is 0 Å². The third-order valence-corrected chi connectivity index (χ3v) is 3.45. The lowest BCUT2D eigenvalue weighted by Gasteiger charge is -2.32.